The Morgan fingerprint density at radius 1 is 1.53 bits per heavy atom. The lowest BCUT2D eigenvalue weighted by atomic mass is 10.1. The van der Waals surface area contributed by atoms with Crippen molar-refractivity contribution in [2.45, 2.75) is 26.4 Å². The van der Waals surface area contributed by atoms with E-state index in [4.69, 9.17) is 0 Å². The minimum atomic E-state index is -0.469. The molecule has 1 unspecified atom stereocenters. The van der Waals surface area contributed by atoms with Gasteiger partial charge in [-0.1, -0.05) is 13.8 Å². The predicted molar refractivity (Wildman–Crippen MR) is 62.6 cm³/mol. The number of nitrogens with one attached hydrogen (secondary N) is 3. The number of esters is 1. The van der Waals surface area contributed by atoms with E-state index in [0.717, 1.165) is 6.42 Å². The molecule has 1 atom stereocenters. The van der Waals surface area contributed by atoms with E-state index < -0.39 is 5.97 Å². The third-order valence-corrected chi connectivity index (χ3v) is 2.33. The zero-order valence-corrected chi connectivity index (χ0v) is 10.4. The Morgan fingerprint density at radius 2 is 2.24 bits per heavy atom. The lowest BCUT2D eigenvalue weighted by molar-refractivity contribution is -0.140. The molecule has 6 heteroatoms. The van der Waals surface area contributed by atoms with Crippen molar-refractivity contribution < 1.29 is 14.3 Å². The quantitative estimate of drug-likeness (QED) is 0.575. The summed E-state index contributed by atoms with van der Waals surface area (Å²) in [4.78, 5) is 22.5. The van der Waals surface area contributed by atoms with Crippen LogP contribution in [0.25, 0.3) is 0 Å². The molecule has 1 aliphatic rings. The molecule has 1 aliphatic heterocycles. The van der Waals surface area contributed by atoms with E-state index in [1.807, 2.05) is 0 Å². The summed E-state index contributed by atoms with van der Waals surface area (Å²) in [6.07, 6.45) is 2.62. The number of amides is 1. The van der Waals surface area contributed by atoms with Gasteiger partial charge in [-0.15, -0.1) is 0 Å². The first-order chi connectivity index (χ1) is 8.02. The van der Waals surface area contributed by atoms with Crippen LogP contribution in [-0.2, 0) is 14.3 Å². The van der Waals surface area contributed by atoms with Gasteiger partial charge in [0.15, 0.2) is 0 Å². The summed E-state index contributed by atoms with van der Waals surface area (Å²) >= 11 is 0. The molecule has 96 valence electrons. The number of methoxy groups -OCH3 is 1. The number of ether oxygens (including phenoxy) is 1. The highest BCUT2D eigenvalue weighted by Gasteiger charge is 2.21. The van der Waals surface area contributed by atoms with Crippen molar-refractivity contribution in [1.29, 1.82) is 0 Å². The van der Waals surface area contributed by atoms with Crippen molar-refractivity contribution in [2.24, 2.45) is 5.92 Å². The third kappa shape index (κ3) is 4.34. The highest BCUT2D eigenvalue weighted by atomic mass is 16.5. The number of hydrogen-bond donors (Lipinski definition) is 3. The van der Waals surface area contributed by atoms with E-state index in [-0.39, 0.29) is 18.6 Å². The zero-order valence-electron chi connectivity index (χ0n) is 10.4. The Balaban J connectivity index is 2.32. The minimum Gasteiger partial charge on any atom is -0.468 e. The molecule has 6 nitrogen and oxygen atoms in total. The van der Waals surface area contributed by atoms with Crippen molar-refractivity contribution in [2.75, 3.05) is 13.7 Å². The van der Waals surface area contributed by atoms with Crippen LogP contribution in [0.3, 0.4) is 0 Å². The van der Waals surface area contributed by atoms with Crippen LogP contribution in [0.15, 0.2) is 11.9 Å². The lowest BCUT2D eigenvalue weighted by Gasteiger charge is -2.15. The van der Waals surface area contributed by atoms with E-state index >= 15 is 0 Å². The summed E-state index contributed by atoms with van der Waals surface area (Å²) in [5.74, 6) is -0.247. The monoisotopic (exact) mass is 241 g/mol. The van der Waals surface area contributed by atoms with Crippen LogP contribution in [-0.4, -0.2) is 31.7 Å². The van der Waals surface area contributed by atoms with Gasteiger partial charge in [0.2, 0.25) is 0 Å². The summed E-state index contributed by atoms with van der Waals surface area (Å²) in [5.41, 5.74) is 0.444. The van der Waals surface area contributed by atoms with Gasteiger partial charge in [0.25, 0.3) is 5.91 Å². The van der Waals surface area contributed by atoms with E-state index in [1.54, 1.807) is 6.20 Å². The largest absolute Gasteiger partial charge is 0.468 e. The molecule has 0 aromatic carbocycles. The van der Waals surface area contributed by atoms with Gasteiger partial charge >= 0.3 is 5.97 Å². The molecular formula is C11H19N3O3. The van der Waals surface area contributed by atoms with Gasteiger partial charge in [0, 0.05) is 6.20 Å². The molecule has 0 spiro atoms. The van der Waals surface area contributed by atoms with Gasteiger partial charge in [-0.3, -0.25) is 9.59 Å². The van der Waals surface area contributed by atoms with Crippen LogP contribution in [0.5, 0.6) is 0 Å². The van der Waals surface area contributed by atoms with E-state index in [0.29, 0.717) is 11.6 Å². The van der Waals surface area contributed by atoms with E-state index in [1.165, 1.54) is 7.11 Å². The summed E-state index contributed by atoms with van der Waals surface area (Å²) in [6.45, 7) is 4.10. The van der Waals surface area contributed by atoms with E-state index in [2.05, 4.69) is 34.5 Å². The minimum absolute atomic E-state index is 0.0777. The molecule has 0 aliphatic carbocycles. The molecule has 0 bridgehead atoms. The van der Waals surface area contributed by atoms with Gasteiger partial charge in [0.1, 0.15) is 12.2 Å². The smallest absolute Gasteiger partial charge is 0.325 e. The van der Waals surface area contributed by atoms with Crippen molar-refractivity contribution in [3.05, 3.63) is 11.9 Å². The van der Waals surface area contributed by atoms with Gasteiger partial charge in [0.05, 0.1) is 13.3 Å². The van der Waals surface area contributed by atoms with Crippen molar-refractivity contribution in [3.63, 3.8) is 0 Å². The molecule has 0 fully saturated rings. The van der Waals surface area contributed by atoms with Crippen LogP contribution >= 0.6 is 0 Å². The third-order valence-electron chi connectivity index (χ3n) is 2.33. The van der Waals surface area contributed by atoms with Crippen LogP contribution in [0.1, 0.15) is 20.3 Å². The highest BCUT2D eigenvalue weighted by Crippen LogP contribution is 2.08. The van der Waals surface area contributed by atoms with E-state index in [9.17, 15) is 9.59 Å². The highest BCUT2D eigenvalue weighted by molar-refractivity contribution is 5.95. The lowest BCUT2D eigenvalue weighted by Crippen LogP contribution is -2.38. The fraction of sp³-hybridized carbons (Fsp3) is 0.636. The Morgan fingerprint density at radius 3 is 2.82 bits per heavy atom. The SMILES string of the molecule is COC(=O)CNC(=O)C1=CNC(CC(C)C)N1. The summed E-state index contributed by atoms with van der Waals surface area (Å²) in [6, 6.07) is 0. The average Bonchev–Trinajstić information content (AvgIpc) is 2.72. The summed E-state index contributed by atoms with van der Waals surface area (Å²) < 4.78 is 4.43. The Labute approximate surface area is 101 Å². The van der Waals surface area contributed by atoms with Gasteiger partial charge < -0.3 is 20.7 Å². The number of carbonyl (C=O) groups excluding carboxylic acids is 2. The molecule has 0 aromatic rings. The van der Waals surface area contributed by atoms with Gasteiger partial charge in [-0.25, -0.2) is 0 Å². The molecule has 0 saturated heterocycles. The summed E-state index contributed by atoms with van der Waals surface area (Å²) in [7, 11) is 1.28. The first-order valence-electron chi connectivity index (χ1n) is 5.60. The number of carbonyl (C=O) groups is 2. The second-order valence-electron chi connectivity index (χ2n) is 4.31. The molecule has 3 N–H and O–H groups in total. The van der Waals surface area contributed by atoms with Crippen molar-refractivity contribution in [3.8, 4) is 0 Å². The zero-order chi connectivity index (χ0) is 12.8. The van der Waals surface area contributed by atoms with Crippen molar-refractivity contribution in [1.82, 2.24) is 16.0 Å². The Kier molecular flexibility index (Phi) is 4.81. The number of rotatable bonds is 5. The molecule has 1 heterocycles. The van der Waals surface area contributed by atoms with Crippen LogP contribution in [0.4, 0.5) is 0 Å². The van der Waals surface area contributed by atoms with Crippen molar-refractivity contribution >= 4 is 11.9 Å². The predicted octanol–water partition coefficient (Wildman–Crippen LogP) is -0.318. The Bertz CT molecular complexity index is 326. The maximum atomic E-state index is 11.6. The first kappa shape index (κ1) is 13.3. The van der Waals surface area contributed by atoms with Crippen LogP contribution in [0.2, 0.25) is 0 Å². The molecule has 17 heavy (non-hydrogen) atoms. The molecule has 0 aromatic heterocycles. The van der Waals surface area contributed by atoms with Gasteiger partial charge in [-0.05, 0) is 12.3 Å². The normalized spacial score (nSPS) is 18.1. The molecule has 0 radical (unpaired) electrons. The molecule has 0 saturated carbocycles. The molecule has 1 amide bonds. The second kappa shape index (κ2) is 6.12. The second-order valence-corrected chi connectivity index (χ2v) is 4.31. The Hall–Kier alpha value is -1.72. The fourth-order valence-electron chi connectivity index (χ4n) is 1.50. The maximum Gasteiger partial charge on any atom is 0.325 e. The first-order valence-corrected chi connectivity index (χ1v) is 5.60. The summed E-state index contributed by atoms with van der Waals surface area (Å²) in [5, 5.41) is 8.58. The number of hydrogen-bond acceptors (Lipinski definition) is 5. The standard InChI is InChI=1S/C11H19N3O3/c1-7(2)4-9-12-5-8(14-9)11(16)13-6-10(15)17-3/h5,7,9,12,14H,4,6H2,1-3H3,(H,13,16). The fourth-order valence-corrected chi connectivity index (χ4v) is 1.50. The molecular weight excluding hydrogens is 222 g/mol. The maximum absolute atomic E-state index is 11.6. The van der Waals surface area contributed by atoms with Crippen LogP contribution < -0.4 is 16.0 Å². The molecule has 1 rings (SSSR count). The average molecular weight is 241 g/mol. The van der Waals surface area contributed by atoms with Crippen LogP contribution in [0, 0.1) is 5.92 Å². The topological polar surface area (TPSA) is 79.5 Å². The van der Waals surface area contributed by atoms with Gasteiger partial charge in [-0.2, -0.15) is 0 Å².